The molecule has 1 unspecified atom stereocenters. The van der Waals surface area contributed by atoms with Gasteiger partial charge in [0.2, 0.25) is 5.91 Å². The van der Waals surface area contributed by atoms with Crippen molar-refractivity contribution in [1.29, 1.82) is 0 Å². The summed E-state index contributed by atoms with van der Waals surface area (Å²) in [6.45, 7) is 2.43. The van der Waals surface area contributed by atoms with Crippen LogP contribution in [0.4, 0.5) is 5.69 Å². The first kappa shape index (κ1) is 17.5. The Labute approximate surface area is 152 Å². The Morgan fingerprint density at radius 3 is 2.68 bits per heavy atom. The quantitative estimate of drug-likeness (QED) is 0.626. The fourth-order valence-electron chi connectivity index (χ4n) is 3.45. The van der Waals surface area contributed by atoms with Gasteiger partial charge in [-0.3, -0.25) is 4.79 Å². The molecule has 3 aromatic rings. The van der Waals surface area contributed by atoms with Crippen LogP contribution < -0.4 is 10.6 Å². The topological polar surface area (TPSA) is 56.9 Å². The molecule has 0 radical (unpaired) electrons. The fourth-order valence-corrected chi connectivity index (χ4v) is 3.62. The predicted octanol–water partition coefficient (Wildman–Crippen LogP) is 4.65. The number of benzene rings is 2. The zero-order valence-corrected chi connectivity index (χ0v) is 14.1. The Morgan fingerprint density at radius 1 is 1.20 bits per heavy atom. The first-order valence-electron chi connectivity index (χ1n) is 8.03. The van der Waals surface area contributed by atoms with Crippen LogP contribution in [-0.2, 0) is 11.2 Å². The van der Waals surface area contributed by atoms with Crippen molar-refractivity contribution in [1.82, 2.24) is 10.3 Å². The average Bonchev–Trinajstić information content (AvgIpc) is 2.93. The van der Waals surface area contributed by atoms with Crippen LogP contribution in [0.15, 0.2) is 42.5 Å². The summed E-state index contributed by atoms with van der Waals surface area (Å²) < 4.78 is 0. The van der Waals surface area contributed by atoms with Gasteiger partial charge >= 0.3 is 0 Å². The zero-order chi connectivity index (χ0) is 16.7. The summed E-state index contributed by atoms with van der Waals surface area (Å²) in [6.07, 6.45) is 0.982. The summed E-state index contributed by atoms with van der Waals surface area (Å²) in [4.78, 5) is 14.7. The summed E-state index contributed by atoms with van der Waals surface area (Å²) in [5, 5.41) is 8.35. The van der Waals surface area contributed by atoms with Gasteiger partial charge in [-0.1, -0.05) is 31.2 Å². The van der Waals surface area contributed by atoms with Crippen molar-refractivity contribution < 1.29 is 4.79 Å². The van der Waals surface area contributed by atoms with E-state index in [4.69, 9.17) is 11.6 Å². The van der Waals surface area contributed by atoms with Gasteiger partial charge in [0, 0.05) is 40.8 Å². The molecule has 5 heteroatoms. The highest BCUT2D eigenvalue weighted by Gasteiger charge is 2.25. The summed E-state index contributed by atoms with van der Waals surface area (Å²) in [5.74, 6) is -0.0617. The van der Waals surface area contributed by atoms with Crippen LogP contribution in [0, 0.1) is 0 Å². The maximum atomic E-state index is 11.2. The van der Waals surface area contributed by atoms with E-state index in [1.165, 1.54) is 29.1 Å². The summed E-state index contributed by atoms with van der Waals surface area (Å²) in [5.41, 5.74) is 5.63. The Kier molecular flexibility index (Phi) is 4.84. The molecular formula is C20H22ClN3O. The van der Waals surface area contributed by atoms with Crippen molar-refractivity contribution in [2.24, 2.45) is 0 Å². The molecule has 1 atom stereocenters. The van der Waals surface area contributed by atoms with E-state index < -0.39 is 0 Å². The molecule has 0 saturated carbocycles. The molecule has 0 aliphatic carbocycles. The van der Waals surface area contributed by atoms with Crippen LogP contribution in [0.1, 0.15) is 37.2 Å². The number of fused-ring (bicyclic) bond motifs is 3. The Balaban J connectivity index is 0.00000182. The molecule has 1 aliphatic rings. The Morgan fingerprint density at radius 2 is 1.96 bits per heavy atom. The summed E-state index contributed by atoms with van der Waals surface area (Å²) >= 11 is 6.17. The van der Waals surface area contributed by atoms with E-state index in [1.807, 2.05) is 30.3 Å². The van der Waals surface area contributed by atoms with Crippen LogP contribution in [0.2, 0.25) is 5.02 Å². The van der Waals surface area contributed by atoms with Gasteiger partial charge in [-0.15, -0.1) is 0 Å². The number of carbonyl (C=O) groups excluding carboxylic acids is 1. The van der Waals surface area contributed by atoms with Crippen molar-refractivity contribution in [3.63, 3.8) is 0 Å². The monoisotopic (exact) mass is 355 g/mol. The molecule has 1 aliphatic heterocycles. The lowest BCUT2D eigenvalue weighted by atomic mass is 9.94. The van der Waals surface area contributed by atoms with Gasteiger partial charge in [0.15, 0.2) is 0 Å². The molecule has 1 aromatic heterocycles. The molecule has 0 saturated heterocycles. The van der Waals surface area contributed by atoms with E-state index in [0.29, 0.717) is 0 Å². The SMILES string of the molecule is C.CC(=O)Nc1ccc(C2NCCc3c2[nH]c2ccc(Cl)cc32)cc1. The highest BCUT2D eigenvalue weighted by atomic mass is 35.5. The van der Waals surface area contributed by atoms with E-state index in [1.54, 1.807) is 0 Å². The van der Waals surface area contributed by atoms with Gasteiger partial charge in [-0.25, -0.2) is 0 Å². The minimum absolute atomic E-state index is 0. The molecule has 0 fully saturated rings. The first-order valence-corrected chi connectivity index (χ1v) is 8.40. The number of nitrogens with one attached hydrogen (secondary N) is 3. The van der Waals surface area contributed by atoms with Crippen LogP contribution in [0.5, 0.6) is 0 Å². The third-order valence-electron chi connectivity index (χ3n) is 4.48. The molecule has 3 N–H and O–H groups in total. The van der Waals surface area contributed by atoms with Crippen LogP contribution in [0.3, 0.4) is 0 Å². The predicted molar refractivity (Wildman–Crippen MR) is 104 cm³/mol. The molecule has 2 aromatic carbocycles. The van der Waals surface area contributed by atoms with Crippen molar-refractivity contribution in [3.05, 3.63) is 64.3 Å². The minimum atomic E-state index is -0.0617. The smallest absolute Gasteiger partial charge is 0.221 e. The van der Waals surface area contributed by atoms with E-state index in [0.717, 1.165) is 29.2 Å². The van der Waals surface area contributed by atoms with E-state index in [9.17, 15) is 4.79 Å². The summed E-state index contributed by atoms with van der Waals surface area (Å²) in [6, 6.07) is 14.1. The van der Waals surface area contributed by atoms with Gasteiger partial charge < -0.3 is 15.6 Å². The van der Waals surface area contributed by atoms with Gasteiger partial charge in [0.05, 0.1) is 6.04 Å². The molecule has 25 heavy (non-hydrogen) atoms. The maximum Gasteiger partial charge on any atom is 0.221 e. The van der Waals surface area contributed by atoms with Crippen molar-refractivity contribution in [3.8, 4) is 0 Å². The number of carbonyl (C=O) groups is 1. The van der Waals surface area contributed by atoms with Gasteiger partial charge in [-0.05, 0) is 47.9 Å². The normalized spacial score (nSPS) is 16.2. The summed E-state index contributed by atoms with van der Waals surface area (Å²) in [7, 11) is 0. The number of H-pyrrole nitrogens is 1. The van der Waals surface area contributed by atoms with Gasteiger partial charge in [0.1, 0.15) is 0 Å². The molecule has 1 amide bonds. The fraction of sp³-hybridized carbons (Fsp3) is 0.250. The number of hydrogen-bond acceptors (Lipinski definition) is 2. The zero-order valence-electron chi connectivity index (χ0n) is 13.3. The van der Waals surface area contributed by atoms with E-state index in [-0.39, 0.29) is 19.4 Å². The lowest BCUT2D eigenvalue weighted by Gasteiger charge is -2.25. The number of anilines is 1. The second-order valence-corrected chi connectivity index (χ2v) is 6.58. The maximum absolute atomic E-state index is 11.2. The minimum Gasteiger partial charge on any atom is -0.357 e. The number of aromatic nitrogens is 1. The van der Waals surface area contributed by atoms with Gasteiger partial charge in [-0.2, -0.15) is 0 Å². The van der Waals surface area contributed by atoms with Gasteiger partial charge in [0.25, 0.3) is 0 Å². The molecule has 0 bridgehead atoms. The number of aromatic amines is 1. The molecule has 2 heterocycles. The second-order valence-electron chi connectivity index (χ2n) is 6.15. The lowest BCUT2D eigenvalue weighted by molar-refractivity contribution is -0.114. The molecule has 0 spiro atoms. The largest absolute Gasteiger partial charge is 0.357 e. The third-order valence-corrected chi connectivity index (χ3v) is 4.71. The molecule has 4 rings (SSSR count). The first-order chi connectivity index (χ1) is 11.6. The van der Waals surface area contributed by atoms with Crippen molar-refractivity contribution in [2.75, 3.05) is 11.9 Å². The average molecular weight is 356 g/mol. The Bertz CT molecular complexity index is 915. The molecule has 130 valence electrons. The van der Waals surface area contributed by atoms with Crippen molar-refractivity contribution in [2.45, 2.75) is 26.8 Å². The van der Waals surface area contributed by atoms with E-state index >= 15 is 0 Å². The standard InChI is InChI=1S/C19H18ClN3O.CH4/c1-11(24)22-14-5-2-12(3-6-14)18-19-15(8-9-21-18)16-10-13(20)4-7-17(16)23-19;/h2-7,10,18,21,23H,8-9H2,1H3,(H,22,24);1H4. The molecule has 4 nitrogen and oxygen atoms in total. The second kappa shape index (κ2) is 6.90. The van der Waals surface area contributed by atoms with Crippen LogP contribution in [-0.4, -0.2) is 17.4 Å². The Hall–Kier alpha value is -2.30. The van der Waals surface area contributed by atoms with Crippen LogP contribution >= 0.6 is 11.6 Å². The number of halogens is 1. The number of hydrogen-bond donors (Lipinski definition) is 3. The van der Waals surface area contributed by atoms with Crippen molar-refractivity contribution >= 4 is 34.1 Å². The van der Waals surface area contributed by atoms with E-state index in [2.05, 4.69) is 27.8 Å². The van der Waals surface area contributed by atoms with Crippen LogP contribution in [0.25, 0.3) is 10.9 Å². The highest BCUT2D eigenvalue weighted by molar-refractivity contribution is 6.31. The number of amides is 1. The highest BCUT2D eigenvalue weighted by Crippen LogP contribution is 2.34. The molecular weight excluding hydrogens is 334 g/mol. The third kappa shape index (κ3) is 3.28. The number of rotatable bonds is 2. The lowest BCUT2D eigenvalue weighted by Crippen LogP contribution is -2.30.